The molecule has 1 aromatic heterocycles. The maximum Gasteiger partial charge on any atom is 0.336 e. The van der Waals surface area contributed by atoms with Crippen LogP contribution in [0.1, 0.15) is 43.2 Å². The van der Waals surface area contributed by atoms with E-state index in [1.807, 2.05) is 13.0 Å². The zero-order valence-corrected chi connectivity index (χ0v) is 17.9. The minimum atomic E-state index is -0.781. The van der Waals surface area contributed by atoms with Gasteiger partial charge in [-0.3, -0.25) is 14.6 Å². The molecule has 0 radical (unpaired) electrons. The van der Waals surface area contributed by atoms with Crippen LogP contribution in [-0.2, 0) is 19.1 Å². The van der Waals surface area contributed by atoms with E-state index in [1.54, 1.807) is 19.1 Å². The first-order valence-electron chi connectivity index (χ1n) is 10.4. The van der Waals surface area contributed by atoms with E-state index in [2.05, 4.69) is 4.99 Å². The standard InChI is InChI=1S/C24H25NO6/c1-13-7-8-19-15(11-13)23(27)16(12-31-19)21-20(24(28)30-10-9-29-3)14(2)25-17-5-4-6-18(26)22(17)21/h7-8,11-12,21-22H,4-6,9-10H2,1-3H3/t21-,22?/m1/s1. The van der Waals surface area contributed by atoms with Crippen molar-refractivity contribution >= 4 is 28.4 Å². The van der Waals surface area contributed by atoms with Crippen LogP contribution in [0.3, 0.4) is 0 Å². The first-order chi connectivity index (χ1) is 14.9. The Bertz CT molecular complexity index is 1170. The molecule has 1 aromatic carbocycles. The van der Waals surface area contributed by atoms with E-state index in [-0.39, 0.29) is 35.6 Å². The molecule has 1 aliphatic carbocycles. The number of nitrogens with zero attached hydrogens (tertiary/aromatic N) is 1. The van der Waals surface area contributed by atoms with E-state index < -0.39 is 17.8 Å². The summed E-state index contributed by atoms with van der Waals surface area (Å²) < 4.78 is 16.1. The largest absolute Gasteiger partial charge is 0.464 e. The molecule has 1 unspecified atom stereocenters. The van der Waals surface area contributed by atoms with Gasteiger partial charge in [-0.2, -0.15) is 0 Å². The Morgan fingerprint density at radius 3 is 2.74 bits per heavy atom. The summed E-state index contributed by atoms with van der Waals surface area (Å²) in [5, 5.41) is 0.426. The first-order valence-corrected chi connectivity index (χ1v) is 10.4. The average molecular weight is 423 g/mol. The van der Waals surface area contributed by atoms with Crippen LogP contribution in [0.25, 0.3) is 11.0 Å². The Kier molecular flexibility index (Phi) is 5.87. The molecule has 1 aliphatic heterocycles. The van der Waals surface area contributed by atoms with Crippen LogP contribution >= 0.6 is 0 Å². The number of esters is 1. The SMILES string of the molecule is COCCOC(=O)C1=C(C)N=C2CCCC(=O)C2[C@@H]1c1coc2ccc(C)cc2c1=O. The van der Waals surface area contributed by atoms with Gasteiger partial charge in [0.1, 0.15) is 18.0 Å². The number of Topliss-reactive ketones (excluding diaryl/α,β-unsaturated/α-hetero) is 1. The van der Waals surface area contributed by atoms with Gasteiger partial charge in [-0.25, -0.2) is 4.79 Å². The Labute approximate surface area is 179 Å². The summed E-state index contributed by atoms with van der Waals surface area (Å²) in [6.07, 6.45) is 3.15. The van der Waals surface area contributed by atoms with Gasteiger partial charge in [0, 0.05) is 36.4 Å². The van der Waals surface area contributed by atoms with Crippen LogP contribution in [-0.4, -0.2) is 37.8 Å². The number of aryl methyl sites for hydroxylation is 1. The average Bonchev–Trinajstić information content (AvgIpc) is 2.74. The zero-order chi connectivity index (χ0) is 22.1. The molecule has 1 saturated carbocycles. The summed E-state index contributed by atoms with van der Waals surface area (Å²) >= 11 is 0. The number of ether oxygens (including phenoxy) is 2. The van der Waals surface area contributed by atoms with Crippen LogP contribution in [0, 0.1) is 12.8 Å². The number of carbonyl (C=O) groups is 2. The van der Waals surface area contributed by atoms with Crippen LogP contribution < -0.4 is 5.43 Å². The summed E-state index contributed by atoms with van der Waals surface area (Å²) in [6.45, 7) is 3.93. The second kappa shape index (κ2) is 8.59. The molecule has 7 nitrogen and oxygen atoms in total. The lowest BCUT2D eigenvalue weighted by molar-refractivity contribution is -0.140. The molecule has 7 heteroatoms. The predicted octanol–water partition coefficient (Wildman–Crippen LogP) is 3.47. The van der Waals surface area contributed by atoms with Gasteiger partial charge < -0.3 is 13.9 Å². The third-order valence-corrected chi connectivity index (χ3v) is 5.94. The summed E-state index contributed by atoms with van der Waals surface area (Å²) in [4.78, 5) is 44.1. The van der Waals surface area contributed by atoms with Gasteiger partial charge in [-0.05, 0) is 38.8 Å². The van der Waals surface area contributed by atoms with Gasteiger partial charge in [0.15, 0.2) is 5.43 Å². The lowest BCUT2D eigenvalue weighted by Crippen LogP contribution is -2.40. The molecule has 0 spiro atoms. The fourth-order valence-electron chi connectivity index (χ4n) is 4.49. The Morgan fingerprint density at radius 1 is 1.16 bits per heavy atom. The maximum absolute atomic E-state index is 13.5. The van der Waals surface area contributed by atoms with Crippen molar-refractivity contribution in [2.75, 3.05) is 20.3 Å². The summed E-state index contributed by atoms with van der Waals surface area (Å²) in [7, 11) is 1.52. The van der Waals surface area contributed by atoms with Gasteiger partial charge in [-0.15, -0.1) is 0 Å². The quantitative estimate of drug-likeness (QED) is 0.540. The lowest BCUT2D eigenvalue weighted by atomic mass is 9.69. The molecular formula is C24H25NO6. The Hall–Kier alpha value is -3.06. The van der Waals surface area contributed by atoms with E-state index in [0.717, 1.165) is 11.3 Å². The Morgan fingerprint density at radius 2 is 1.97 bits per heavy atom. The van der Waals surface area contributed by atoms with Gasteiger partial charge in [0.2, 0.25) is 0 Å². The fourth-order valence-corrected chi connectivity index (χ4v) is 4.49. The van der Waals surface area contributed by atoms with Crippen molar-refractivity contribution in [1.29, 1.82) is 0 Å². The molecule has 1 fully saturated rings. The molecule has 162 valence electrons. The number of allylic oxidation sites excluding steroid dienone is 1. The van der Waals surface area contributed by atoms with Crippen molar-refractivity contribution in [2.45, 2.75) is 39.0 Å². The van der Waals surface area contributed by atoms with Crippen molar-refractivity contribution in [3.05, 3.63) is 57.1 Å². The maximum atomic E-state index is 13.5. The number of hydrogen-bond acceptors (Lipinski definition) is 7. The van der Waals surface area contributed by atoms with Crippen LogP contribution in [0.2, 0.25) is 0 Å². The van der Waals surface area contributed by atoms with Crippen molar-refractivity contribution in [3.63, 3.8) is 0 Å². The highest BCUT2D eigenvalue weighted by molar-refractivity contribution is 6.11. The summed E-state index contributed by atoms with van der Waals surface area (Å²) in [6, 6.07) is 5.37. The van der Waals surface area contributed by atoms with Gasteiger partial charge in [0.25, 0.3) is 0 Å². The first kappa shape index (κ1) is 21.2. The van der Waals surface area contributed by atoms with E-state index in [4.69, 9.17) is 13.9 Å². The second-order valence-electron chi connectivity index (χ2n) is 8.03. The minimum Gasteiger partial charge on any atom is -0.464 e. The van der Waals surface area contributed by atoms with Crippen molar-refractivity contribution in [2.24, 2.45) is 10.9 Å². The molecule has 2 heterocycles. The minimum absolute atomic E-state index is 0.0200. The lowest BCUT2D eigenvalue weighted by Gasteiger charge is -2.35. The summed E-state index contributed by atoms with van der Waals surface area (Å²) in [5.41, 5.74) is 2.84. The fraction of sp³-hybridized carbons (Fsp3) is 0.417. The van der Waals surface area contributed by atoms with Gasteiger partial charge in [0.05, 0.1) is 29.7 Å². The number of fused-ring (bicyclic) bond motifs is 2. The smallest absolute Gasteiger partial charge is 0.336 e. The molecule has 0 amide bonds. The van der Waals surface area contributed by atoms with Crippen LogP contribution in [0.4, 0.5) is 0 Å². The van der Waals surface area contributed by atoms with E-state index >= 15 is 0 Å². The number of hydrogen-bond donors (Lipinski definition) is 0. The Balaban J connectivity index is 1.89. The number of aliphatic imine (C=N–C) groups is 1. The second-order valence-corrected chi connectivity index (χ2v) is 8.03. The molecule has 0 saturated heterocycles. The molecule has 4 rings (SSSR count). The van der Waals surface area contributed by atoms with E-state index in [9.17, 15) is 14.4 Å². The molecule has 0 bridgehead atoms. The van der Waals surface area contributed by atoms with Crippen molar-refractivity contribution < 1.29 is 23.5 Å². The van der Waals surface area contributed by atoms with Gasteiger partial charge in [-0.1, -0.05) is 11.6 Å². The van der Waals surface area contributed by atoms with E-state index in [1.165, 1.54) is 13.4 Å². The molecule has 2 atom stereocenters. The zero-order valence-electron chi connectivity index (χ0n) is 17.9. The van der Waals surface area contributed by atoms with E-state index in [0.29, 0.717) is 35.9 Å². The van der Waals surface area contributed by atoms with Crippen LogP contribution in [0.5, 0.6) is 0 Å². The van der Waals surface area contributed by atoms with Crippen molar-refractivity contribution in [1.82, 2.24) is 0 Å². The monoisotopic (exact) mass is 423 g/mol. The predicted molar refractivity (Wildman–Crippen MR) is 115 cm³/mol. The summed E-state index contributed by atoms with van der Waals surface area (Å²) in [5.74, 6) is -2.05. The number of benzene rings is 1. The number of ketones is 1. The highest BCUT2D eigenvalue weighted by Crippen LogP contribution is 2.42. The molecule has 2 aromatic rings. The molecule has 31 heavy (non-hydrogen) atoms. The topological polar surface area (TPSA) is 95.2 Å². The normalized spacial score (nSPS) is 21.1. The molecule has 2 aliphatic rings. The van der Waals surface area contributed by atoms with Gasteiger partial charge >= 0.3 is 5.97 Å². The number of rotatable bonds is 5. The number of carbonyl (C=O) groups excluding carboxylic acids is 2. The molecule has 0 N–H and O–H groups in total. The third-order valence-electron chi connectivity index (χ3n) is 5.94. The molecular weight excluding hydrogens is 398 g/mol. The van der Waals surface area contributed by atoms with Crippen LogP contribution in [0.15, 0.2) is 49.9 Å². The van der Waals surface area contributed by atoms with Crippen molar-refractivity contribution in [3.8, 4) is 0 Å². The highest BCUT2D eigenvalue weighted by Gasteiger charge is 2.45. The highest BCUT2D eigenvalue weighted by atomic mass is 16.6. The number of methoxy groups -OCH3 is 1. The third kappa shape index (κ3) is 3.85.